The van der Waals surface area contributed by atoms with Crippen molar-refractivity contribution in [1.82, 2.24) is 9.62 Å². The largest absolute Gasteiger partial charge is 0.493 e. The SMILES string of the molecule is COc1cc2c(cc1OC)CN(S(=O)(=O)CCNC(=O)COc1ccc3ccccc3c1)CC2. The molecule has 8 nitrogen and oxygen atoms in total. The van der Waals surface area contributed by atoms with Gasteiger partial charge >= 0.3 is 0 Å². The molecule has 0 saturated carbocycles. The molecule has 0 radical (unpaired) electrons. The molecule has 0 fully saturated rings. The molecule has 0 saturated heterocycles. The zero-order chi connectivity index (χ0) is 24.1. The Morgan fingerprint density at radius 3 is 2.41 bits per heavy atom. The van der Waals surface area contributed by atoms with E-state index in [0.29, 0.717) is 30.2 Å². The summed E-state index contributed by atoms with van der Waals surface area (Å²) in [6, 6.07) is 17.2. The average Bonchev–Trinajstić information content (AvgIpc) is 2.86. The van der Waals surface area contributed by atoms with Gasteiger partial charge in [-0.2, -0.15) is 4.31 Å². The molecule has 0 bridgehead atoms. The number of carbonyl (C=O) groups excluding carboxylic acids is 1. The Labute approximate surface area is 199 Å². The van der Waals surface area contributed by atoms with Crippen molar-refractivity contribution in [3.05, 3.63) is 65.7 Å². The lowest BCUT2D eigenvalue weighted by molar-refractivity contribution is -0.122. The maximum Gasteiger partial charge on any atom is 0.257 e. The second kappa shape index (κ2) is 10.3. The number of nitrogens with one attached hydrogen (secondary N) is 1. The zero-order valence-electron chi connectivity index (χ0n) is 19.2. The first-order chi connectivity index (χ1) is 16.4. The van der Waals surface area contributed by atoms with Gasteiger partial charge < -0.3 is 19.5 Å². The van der Waals surface area contributed by atoms with Crippen LogP contribution in [-0.2, 0) is 27.8 Å². The van der Waals surface area contributed by atoms with Gasteiger partial charge in [-0.05, 0) is 52.6 Å². The molecule has 1 N–H and O–H groups in total. The van der Waals surface area contributed by atoms with Crippen LogP contribution in [0, 0.1) is 0 Å². The first kappa shape index (κ1) is 23.8. The predicted molar refractivity (Wildman–Crippen MR) is 130 cm³/mol. The summed E-state index contributed by atoms with van der Waals surface area (Å²) in [5.74, 6) is 1.23. The minimum atomic E-state index is -3.54. The molecule has 180 valence electrons. The number of rotatable bonds is 9. The van der Waals surface area contributed by atoms with E-state index in [9.17, 15) is 13.2 Å². The summed E-state index contributed by atoms with van der Waals surface area (Å²) in [5, 5.41) is 4.74. The summed E-state index contributed by atoms with van der Waals surface area (Å²) < 4.78 is 43.4. The summed E-state index contributed by atoms with van der Waals surface area (Å²) in [7, 11) is -0.419. The van der Waals surface area contributed by atoms with Crippen LogP contribution < -0.4 is 19.5 Å². The molecule has 4 rings (SSSR count). The molecular weight excluding hydrogens is 456 g/mol. The standard InChI is InChI=1S/C25H28N2O6S/c1-31-23-14-20-9-11-27(16-21(20)15-24(23)32-2)34(29,30)12-10-26-25(28)17-33-22-8-7-18-5-3-4-6-19(18)13-22/h3-8,13-15H,9-12,16-17H2,1-2H3,(H,26,28). The molecule has 1 amide bonds. The Bertz CT molecular complexity index is 1290. The number of fused-ring (bicyclic) bond motifs is 2. The molecule has 0 atom stereocenters. The molecule has 9 heteroatoms. The lowest BCUT2D eigenvalue weighted by atomic mass is 10.0. The molecule has 1 aliphatic heterocycles. The summed E-state index contributed by atoms with van der Waals surface area (Å²) in [5.41, 5.74) is 1.93. The Hall–Kier alpha value is -3.30. The highest BCUT2D eigenvalue weighted by Crippen LogP contribution is 2.33. The van der Waals surface area contributed by atoms with Crippen LogP contribution in [0.5, 0.6) is 17.2 Å². The summed E-state index contributed by atoms with van der Waals surface area (Å²) in [6.07, 6.45) is 0.584. The highest BCUT2D eigenvalue weighted by Gasteiger charge is 2.27. The van der Waals surface area contributed by atoms with Crippen molar-refractivity contribution in [3.63, 3.8) is 0 Å². The van der Waals surface area contributed by atoms with Crippen LogP contribution in [0.2, 0.25) is 0 Å². The molecular formula is C25H28N2O6S. The van der Waals surface area contributed by atoms with Crippen LogP contribution in [0.1, 0.15) is 11.1 Å². The molecule has 1 heterocycles. The summed E-state index contributed by atoms with van der Waals surface area (Å²) >= 11 is 0. The molecule has 3 aromatic carbocycles. The molecule has 34 heavy (non-hydrogen) atoms. The number of nitrogens with zero attached hydrogens (tertiary/aromatic N) is 1. The van der Waals surface area contributed by atoms with Crippen molar-refractivity contribution in [2.75, 3.05) is 39.7 Å². The van der Waals surface area contributed by atoms with Gasteiger partial charge in [0.2, 0.25) is 10.0 Å². The van der Waals surface area contributed by atoms with Crippen molar-refractivity contribution in [1.29, 1.82) is 0 Å². The van der Waals surface area contributed by atoms with Gasteiger partial charge in [-0.25, -0.2) is 8.42 Å². The Morgan fingerprint density at radius 2 is 1.68 bits per heavy atom. The quantitative estimate of drug-likeness (QED) is 0.502. The van der Waals surface area contributed by atoms with Crippen LogP contribution in [-0.4, -0.2) is 58.3 Å². The molecule has 1 aliphatic rings. The van der Waals surface area contributed by atoms with Gasteiger partial charge in [0.15, 0.2) is 18.1 Å². The maximum atomic E-state index is 12.8. The van der Waals surface area contributed by atoms with Crippen molar-refractivity contribution >= 4 is 26.7 Å². The van der Waals surface area contributed by atoms with Crippen LogP contribution in [0.15, 0.2) is 54.6 Å². The van der Waals surface area contributed by atoms with Gasteiger partial charge in [0.1, 0.15) is 5.75 Å². The minimum absolute atomic E-state index is 0.0114. The third-order valence-corrected chi connectivity index (χ3v) is 7.67. The van der Waals surface area contributed by atoms with Crippen LogP contribution in [0.4, 0.5) is 0 Å². The lowest BCUT2D eigenvalue weighted by Gasteiger charge is -2.29. The number of sulfonamides is 1. The zero-order valence-corrected chi connectivity index (χ0v) is 20.1. The fraction of sp³-hybridized carbons (Fsp3) is 0.320. The Morgan fingerprint density at radius 1 is 0.971 bits per heavy atom. The van der Waals surface area contributed by atoms with Crippen LogP contribution in [0.25, 0.3) is 10.8 Å². The highest BCUT2D eigenvalue weighted by molar-refractivity contribution is 7.89. The number of amides is 1. The third-order valence-electron chi connectivity index (χ3n) is 5.85. The molecule has 3 aromatic rings. The van der Waals surface area contributed by atoms with Gasteiger partial charge in [0.25, 0.3) is 5.91 Å². The predicted octanol–water partition coefficient (Wildman–Crippen LogP) is 2.74. The highest BCUT2D eigenvalue weighted by atomic mass is 32.2. The van der Waals surface area contributed by atoms with Crippen molar-refractivity contribution in [2.45, 2.75) is 13.0 Å². The number of hydrogen-bond acceptors (Lipinski definition) is 6. The van der Waals surface area contributed by atoms with E-state index in [1.807, 2.05) is 48.5 Å². The third kappa shape index (κ3) is 5.43. The molecule has 0 spiro atoms. The number of methoxy groups -OCH3 is 2. The summed E-state index contributed by atoms with van der Waals surface area (Å²) in [4.78, 5) is 12.2. The van der Waals surface area contributed by atoms with E-state index in [4.69, 9.17) is 14.2 Å². The topological polar surface area (TPSA) is 94.2 Å². The van der Waals surface area contributed by atoms with E-state index in [1.165, 1.54) is 4.31 Å². The number of ether oxygens (including phenoxy) is 3. The van der Waals surface area contributed by atoms with Gasteiger partial charge in [0, 0.05) is 19.6 Å². The fourth-order valence-electron chi connectivity index (χ4n) is 4.00. The number of hydrogen-bond donors (Lipinski definition) is 1. The molecule has 0 aliphatic carbocycles. The van der Waals surface area contributed by atoms with Crippen LogP contribution >= 0.6 is 0 Å². The Kier molecular flexibility index (Phi) is 7.23. The summed E-state index contributed by atoms with van der Waals surface area (Å²) in [6.45, 7) is 0.468. The molecule has 0 unspecified atom stereocenters. The van der Waals surface area contributed by atoms with E-state index in [-0.39, 0.29) is 31.4 Å². The van der Waals surface area contributed by atoms with E-state index in [2.05, 4.69) is 5.32 Å². The van der Waals surface area contributed by atoms with Gasteiger partial charge in [-0.3, -0.25) is 4.79 Å². The lowest BCUT2D eigenvalue weighted by Crippen LogP contribution is -2.41. The maximum absolute atomic E-state index is 12.8. The van der Waals surface area contributed by atoms with Gasteiger partial charge in [0.05, 0.1) is 20.0 Å². The van der Waals surface area contributed by atoms with E-state index >= 15 is 0 Å². The van der Waals surface area contributed by atoms with Crippen molar-refractivity contribution in [2.24, 2.45) is 0 Å². The van der Waals surface area contributed by atoms with Gasteiger partial charge in [-0.1, -0.05) is 30.3 Å². The van der Waals surface area contributed by atoms with E-state index in [0.717, 1.165) is 21.9 Å². The number of carbonyl (C=O) groups is 1. The van der Waals surface area contributed by atoms with Crippen LogP contribution in [0.3, 0.4) is 0 Å². The average molecular weight is 485 g/mol. The van der Waals surface area contributed by atoms with Gasteiger partial charge in [-0.15, -0.1) is 0 Å². The first-order valence-corrected chi connectivity index (χ1v) is 12.6. The van der Waals surface area contributed by atoms with E-state index in [1.54, 1.807) is 20.3 Å². The normalized spacial score (nSPS) is 13.8. The second-order valence-electron chi connectivity index (χ2n) is 8.02. The fourth-order valence-corrected chi connectivity index (χ4v) is 5.32. The Balaban J connectivity index is 1.28. The number of benzene rings is 3. The van der Waals surface area contributed by atoms with Crippen molar-refractivity contribution in [3.8, 4) is 17.2 Å². The second-order valence-corrected chi connectivity index (χ2v) is 10.1. The van der Waals surface area contributed by atoms with Crippen molar-refractivity contribution < 1.29 is 27.4 Å². The molecule has 0 aromatic heterocycles. The van der Waals surface area contributed by atoms with E-state index < -0.39 is 10.0 Å². The minimum Gasteiger partial charge on any atom is -0.493 e. The first-order valence-electron chi connectivity index (χ1n) is 11.0. The monoisotopic (exact) mass is 484 g/mol. The smallest absolute Gasteiger partial charge is 0.257 e.